The van der Waals surface area contributed by atoms with Crippen LogP contribution >= 0.6 is 0 Å². The molecule has 5 nitrogen and oxygen atoms in total. The van der Waals surface area contributed by atoms with Crippen LogP contribution in [0.1, 0.15) is 10.4 Å². The van der Waals surface area contributed by atoms with Gasteiger partial charge in [-0.2, -0.15) is 0 Å². The molecule has 0 heterocycles. The van der Waals surface area contributed by atoms with Crippen molar-refractivity contribution in [1.29, 1.82) is 0 Å². The lowest BCUT2D eigenvalue weighted by molar-refractivity contribution is 0.102. The highest BCUT2D eigenvalue weighted by molar-refractivity contribution is 6.04. The van der Waals surface area contributed by atoms with E-state index in [2.05, 4.69) is 5.32 Å². The molecule has 2 rings (SSSR count). The van der Waals surface area contributed by atoms with Gasteiger partial charge in [0.1, 0.15) is 5.75 Å². The van der Waals surface area contributed by atoms with E-state index in [1.165, 1.54) is 19.2 Å². The van der Waals surface area contributed by atoms with Crippen LogP contribution in [0.5, 0.6) is 17.2 Å². The van der Waals surface area contributed by atoms with E-state index >= 15 is 0 Å². The minimum atomic E-state index is -0.323. The Morgan fingerprint density at radius 3 is 2.55 bits per heavy atom. The standard InChI is InChI=1S/C15H15NO4/c1-19-12-5-3-4-11(9-12)16-15(18)10-6-7-14(20-2)13(17)8-10/h3-9,17H,1-2H3,(H,16,18). The quantitative estimate of drug-likeness (QED) is 0.898. The molecular formula is C15H15NO4. The van der Waals surface area contributed by atoms with Crippen LogP contribution in [-0.4, -0.2) is 25.2 Å². The Labute approximate surface area is 116 Å². The number of nitrogens with one attached hydrogen (secondary N) is 1. The average molecular weight is 273 g/mol. The molecule has 20 heavy (non-hydrogen) atoms. The van der Waals surface area contributed by atoms with Crippen molar-refractivity contribution >= 4 is 11.6 Å². The van der Waals surface area contributed by atoms with Crippen molar-refractivity contribution in [3.05, 3.63) is 48.0 Å². The number of aromatic hydroxyl groups is 1. The fraction of sp³-hybridized carbons (Fsp3) is 0.133. The van der Waals surface area contributed by atoms with E-state index in [1.54, 1.807) is 37.4 Å². The van der Waals surface area contributed by atoms with Gasteiger partial charge < -0.3 is 19.9 Å². The van der Waals surface area contributed by atoms with Crippen molar-refractivity contribution in [2.45, 2.75) is 0 Å². The van der Waals surface area contributed by atoms with E-state index in [4.69, 9.17) is 9.47 Å². The van der Waals surface area contributed by atoms with Crippen molar-refractivity contribution in [3.63, 3.8) is 0 Å². The van der Waals surface area contributed by atoms with Crippen LogP contribution in [-0.2, 0) is 0 Å². The minimum absolute atomic E-state index is 0.0780. The number of ether oxygens (including phenoxy) is 2. The largest absolute Gasteiger partial charge is 0.504 e. The molecule has 0 saturated heterocycles. The van der Waals surface area contributed by atoms with Gasteiger partial charge in [0.25, 0.3) is 5.91 Å². The fourth-order valence-electron chi connectivity index (χ4n) is 1.74. The van der Waals surface area contributed by atoms with E-state index in [9.17, 15) is 9.90 Å². The third kappa shape index (κ3) is 3.00. The van der Waals surface area contributed by atoms with E-state index in [0.29, 0.717) is 22.7 Å². The van der Waals surface area contributed by atoms with E-state index in [0.717, 1.165) is 0 Å². The molecule has 2 aromatic carbocycles. The second-order valence-corrected chi connectivity index (χ2v) is 4.07. The lowest BCUT2D eigenvalue weighted by Crippen LogP contribution is -2.11. The maximum atomic E-state index is 12.1. The number of carbonyl (C=O) groups excluding carboxylic acids is 1. The maximum Gasteiger partial charge on any atom is 0.255 e. The maximum absolute atomic E-state index is 12.1. The van der Waals surface area contributed by atoms with Gasteiger partial charge in [-0.25, -0.2) is 0 Å². The number of phenolic OH excluding ortho intramolecular Hbond substituents is 1. The summed E-state index contributed by atoms with van der Waals surface area (Å²) in [5.41, 5.74) is 0.954. The highest BCUT2D eigenvalue weighted by atomic mass is 16.5. The van der Waals surface area contributed by atoms with Crippen LogP contribution in [0, 0.1) is 0 Å². The number of hydrogen-bond donors (Lipinski definition) is 2. The number of amides is 1. The Morgan fingerprint density at radius 2 is 1.90 bits per heavy atom. The van der Waals surface area contributed by atoms with Gasteiger partial charge in [-0.15, -0.1) is 0 Å². The van der Waals surface area contributed by atoms with Crippen molar-refractivity contribution in [1.82, 2.24) is 0 Å². The third-order valence-corrected chi connectivity index (χ3v) is 2.77. The Hall–Kier alpha value is -2.69. The van der Waals surface area contributed by atoms with E-state index in [-0.39, 0.29) is 11.7 Å². The smallest absolute Gasteiger partial charge is 0.255 e. The Bertz CT molecular complexity index is 625. The van der Waals surface area contributed by atoms with Crippen LogP contribution in [0.25, 0.3) is 0 Å². The van der Waals surface area contributed by atoms with Gasteiger partial charge in [0.15, 0.2) is 11.5 Å². The zero-order valence-electron chi connectivity index (χ0n) is 11.2. The average Bonchev–Trinajstić information content (AvgIpc) is 2.47. The number of carbonyl (C=O) groups is 1. The summed E-state index contributed by atoms with van der Waals surface area (Å²) in [6, 6.07) is 11.5. The van der Waals surface area contributed by atoms with Crippen LogP contribution in [0.15, 0.2) is 42.5 Å². The summed E-state index contributed by atoms with van der Waals surface area (Å²) in [5, 5.41) is 12.4. The van der Waals surface area contributed by atoms with Crippen molar-refractivity contribution in [2.75, 3.05) is 19.5 Å². The van der Waals surface area contributed by atoms with Gasteiger partial charge in [0.2, 0.25) is 0 Å². The second-order valence-electron chi connectivity index (χ2n) is 4.07. The van der Waals surface area contributed by atoms with Crippen molar-refractivity contribution < 1.29 is 19.4 Å². The molecule has 1 amide bonds. The summed E-state index contributed by atoms with van der Waals surface area (Å²) in [4.78, 5) is 12.1. The van der Waals surface area contributed by atoms with Crippen LogP contribution in [0.3, 0.4) is 0 Å². The Balaban J connectivity index is 2.17. The monoisotopic (exact) mass is 273 g/mol. The molecule has 0 bridgehead atoms. The molecule has 0 aliphatic rings. The van der Waals surface area contributed by atoms with Gasteiger partial charge in [0.05, 0.1) is 14.2 Å². The highest BCUT2D eigenvalue weighted by Gasteiger charge is 2.10. The van der Waals surface area contributed by atoms with Gasteiger partial charge in [0, 0.05) is 17.3 Å². The Kier molecular flexibility index (Phi) is 4.10. The molecular weight excluding hydrogens is 258 g/mol. The van der Waals surface area contributed by atoms with E-state index in [1.807, 2.05) is 0 Å². The summed E-state index contributed by atoms with van der Waals surface area (Å²) >= 11 is 0. The summed E-state index contributed by atoms with van der Waals surface area (Å²) < 4.78 is 10.0. The zero-order valence-corrected chi connectivity index (χ0v) is 11.2. The molecule has 104 valence electrons. The number of methoxy groups -OCH3 is 2. The van der Waals surface area contributed by atoms with Gasteiger partial charge in [-0.3, -0.25) is 4.79 Å². The molecule has 0 fully saturated rings. The molecule has 0 aliphatic carbocycles. The molecule has 0 unspecified atom stereocenters. The first-order valence-electron chi connectivity index (χ1n) is 5.96. The zero-order chi connectivity index (χ0) is 14.5. The second kappa shape index (κ2) is 5.97. The molecule has 0 aromatic heterocycles. The Morgan fingerprint density at radius 1 is 1.10 bits per heavy atom. The molecule has 0 radical (unpaired) electrons. The summed E-state index contributed by atoms with van der Waals surface area (Å²) in [6.45, 7) is 0. The summed E-state index contributed by atoms with van der Waals surface area (Å²) in [7, 11) is 3.01. The SMILES string of the molecule is COc1cccc(NC(=O)c2ccc(OC)c(O)c2)c1. The van der Waals surface area contributed by atoms with Crippen molar-refractivity contribution in [2.24, 2.45) is 0 Å². The number of rotatable bonds is 4. The number of benzene rings is 2. The van der Waals surface area contributed by atoms with Gasteiger partial charge >= 0.3 is 0 Å². The summed E-state index contributed by atoms with van der Waals surface area (Å²) in [5.74, 6) is 0.574. The van der Waals surface area contributed by atoms with E-state index < -0.39 is 0 Å². The lowest BCUT2D eigenvalue weighted by atomic mass is 10.2. The van der Waals surface area contributed by atoms with Crippen LogP contribution in [0.2, 0.25) is 0 Å². The number of anilines is 1. The first-order chi connectivity index (χ1) is 9.63. The minimum Gasteiger partial charge on any atom is -0.504 e. The van der Waals surface area contributed by atoms with Crippen molar-refractivity contribution in [3.8, 4) is 17.2 Å². The molecule has 2 N–H and O–H groups in total. The molecule has 0 atom stereocenters. The first kappa shape index (κ1) is 13.7. The number of hydrogen-bond acceptors (Lipinski definition) is 4. The topological polar surface area (TPSA) is 67.8 Å². The van der Waals surface area contributed by atoms with Crippen LogP contribution in [0.4, 0.5) is 5.69 Å². The predicted octanol–water partition coefficient (Wildman–Crippen LogP) is 2.66. The third-order valence-electron chi connectivity index (χ3n) is 2.77. The van der Waals surface area contributed by atoms with Gasteiger partial charge in [-0.1, -0.05) is 6.07 Å². The fourth-order valence-corrected chi connectivity index (χ4v) is 1.74. The normalized spacial score (nSPS) is 9.90. The number of phenols is 1. The molecule has 2 aromatic rings. The van der Waals surface area contributed by atoms with Crippen LogP contribution < -0.4 is 14.8 Å². The van der Waals surface area contributed by atoms with Gasteiger partial charge in [-0.05, 0) is 30.3 Å². The molecule has 5 heteroatoms. The molecule has 0 saturated carbocycles. The lowest BCUT2D eigenvalue weighted by Gasteiger charge is -2.08. The molecule has 0 aliphatic heterocycles. The highest BCUT2D eigenvalue weighted by Crippen LogP contribution is 2.26. The summed E-state index contributed by atoms with van der Waals surface area (Å²) in [6.07, 6.45) is 0. The predicted molar refractivity (Wildman–Crippen MR) is 75.6 cm³/mol. The first-order valence-corrected chi connectivity index (χ1v) is 5.96. The molecule has 0 spiro atoms.